The Labute approximate surface area is 141 Å². The number of carbonyl (C=O) groups excluding carboxylic acids is 1. The minimum Gasteiger partial charge on any atom is -0.326 e. The Morgan fingerprint density at radius 1 is 1.14 bits per heavy atom. The SMILES string of the molecule is CC(=O)Nc1ccc(-c2cn(-c3ccccc3I)nn2)cc1. The van der Waals surface area contributed by atoms with E-state index in [1.54, 1.807) is 4.68 Å². The standard InChI is InChI=1S/C16H13IN4O/c1-11(22)18-13-8-6-12(7-9-13)15-10-21(20-19-15)16-5-3-2-4-14(16)17/h2-10H,1H3,(H,18,22). The number of hydrogen-bond donors (Lipinski definition) is 1. The number of nitrogens with one attached hydrogen (secondary N) is 1. The quantitative estimate of drug-likeness (QED) is 0.680. The molecule has 3 rings (SSSR count). The number of nitrogens with zero attached hydrogens (tertiary/aromatic N) is 3. The molecule has 1 N–H and O–H groups in total. The number of para-hydroxylation sites is 1. The zero-order valence-corrected chi connectivity index (χ0v) is 14.0. The predicted octanol–water partition coefficient (Wildman–Crippen LogP) is 3.50. The third-order valence-corrected chi connectivity index (χ3v) is 4.01. The Balaban J connectivity index is 1.88. The molecule has 0 radical (unpaired) electrons. The Bertz CT molecular complexity index is 811. The topological polar surface area (TPSA) is 59.8 Å². The zero-order valence-electron chi connectivity index (χ0n) is 11.8. The van der Waals surface area contributed by atoms with Gasteiger partial charge in [-0.05, 0) is 46.9 Å². The van der Waals surface area contributed by atoms with Crippen LogP contribution in [0.15, 0.2) is 54.7 Å². The lowest BCUT2D eigenvalue weighted by molar-refractivity contribution is -0.114. The summed E-state index contributed by atoms with van der Waals surface area (Å²) in [6, 6.07) is 15.5. The Morgan fingerprint density at radius 2 is 1.86 bits per heavy atom. The molecule has 2 aromatic carbocycles. The normalized spacial score (nSPS) is 10.5. The molecule has 0 saturated carbocycles. The van der Waals surface area contributed by atoms with E-state index in [1.165, 1.54) is 6.92 Å². The Kier molecular flexibility index (Phi) is 4.19. The van der Waals surface area contributed by atoms with E-state index in [2.05, 4.69) is 38.2 Å². The lowest BCUT2D eigenvalue weighted by Gasteiger charge is -2.03. The summed E-state index contributed by atoms with van der Waals surface area (Å²) in [6.45, 7) is 1.49. The summed E-state index contributed by atoms with van der Waals surface area (Å²) >= 11 is 2.27. The monoisotopic (exact) mass is 404 g/mol. The first-order valence-electron chi connectivity index (χ1n) is 6.69. The van der Waals surface area contributed by atoms with Gasteiger partial charge in [0.25, 0.3) is 0 Å². The highest BCUT2D eigenvalue weighted by atomic mass is 127. The molecule has 1 heterocycles. The molecule has 0 saturated heterocycles. The maximum Gasteiger partial charge on any atom is 0.221 e. The van der Waals surface area contributed by atoms with Crippen molar-refractivity contribution in [3.05, 3.63) is 58.3 Å². The van der Waals surface area contributed by atoms with Crippen LogP contribution in [0, 0.1) is 3.57 Å². The van der Waals surface area contributed by atoms with Gasteiger partial charge >= 0.3 is 0 Å². The first kappa shape index (κ1) is 14.7. The smallest absolute Gasteiger partial charge is 0.221 e. The minimum atomic E-state index is -0.0858. The molecule has 0 spiro atoms. The van der Waals surface area contributed by atoms with Crippen LogP contribution < -0.4 is 5.32 Å². The molecule has 5 nitrogen and oxygen atoms in total. The van der Waals surface area contributed by atoms with Crippen LogP contribution in [0.25, 0.3) is 16.9 Å². The molecule has 0 aliphatic heterocycles. The van der Waals surface area contributed by atoms with E-state index in [0.29, 0.717) is 0 Å². The fraction of sp³-hybridized carbons (Fsp3) is 0.0625. The molecular formula is C16H13IN4O. The van der Waals surface area contributed by atoms with Crippen LogP contribution in [0.1, 0.15) is 6.92 Å². The van der Waals surface area contributed by atoms with Crippen LogP contribution in [0.4, 0.5) is 5.69 Å². The van der Waals surface area contributed by atoms with Crippen molar-refractivity contribution in [2.75, 3.05) is 5.32 Å². The van der Waals surface area contributed by atoms with Gasteiger partial charge in [0.05, 0.1) is 11.9 Å². The minimum absolute atomic E-state index is 0.0858. The molecule has 6 heteroatoms. The van der Waals surface area contributed by atoms with E-state index in [-0.39, 0.29) is 5.91 Å². The van der Waals surface area contributed by atoms with Crippen molar-refractivity contribution in [1.29, 1.82) is 0 Å². The maximum atomic E-state index is 11.0. The van der Waals surface area contributed by atoms with E-state index in [1.807, 2.05) is 54.7 Å². The molecule has 0 atom stereocenters. The molecule has 0 fully saturated rings. The summed E-state index contributed by atoms with van der Waals surface area (Å²) in [5, 5.41) is 11.1. The van der Waals surface area contributed by atoms with Crippen LogP contribution in [0.2, 0.25) is 0 Å². The lowest BCUT2D eigenvalue weighted by Crippen LogP contribution is -2.05. The van der Waals surface area contributed by atoms with Gasteiger partial charge in [-0.15, -0.1) is 5.10 Å². The van der Waals surface area contributed by atoms with Gasteiger partial charge in [-0.25, -0.2) is 4.68 Å². The second-order valence-corrected chi connectivity index (χ2v) is 5.92. The van der Waals surface area contributed by atoms with Crippen molar-refractivity contribution in [2.45, 2.75) is 6.92 Å². The molecule has 0 aliphatic carbocycles. The summed E-state index contributed by atoms with van der Waals surface area (Å²) in [4.78, 5) is 11.0. The van der Waals surface area contributed by atoms with E-state index in [9.17, 15) is 4.79 Å². The van der Waals surface area contributed by atoms with Gasteiger partial charge in [0.2, 0.25) is 5.91 Å². The van der Waals surface area contributed by atoms with Crippen molar-refractivity contribution < 1.29 is 4.79 Å². The van der Waals surface area contributed by atoms with Gasteiger partial charge in [-0.2, -0.15) is 0 Å². The first-order valence-corrected chi connectivity index (χ1v) is 7.76. The molecule has 0 bridgehead atoms. The van der Waals surface area contributed by atoms with E-state index in [4.69, 9.17) is 0 Å². The number of amides is 1. The first-order chi connectivity index (χ1) is 10.6. The largest absolute Gasteiger partial charge is 0.326 e. The highest BCUT2D eigenvalue weighted by molar-refractivity contribution is 14.1. The van der Waals surface area contributed by atoms with Gasteiger partial charge < -0.3 is 5.32 Å². The number of hydrogen-bond acceptors (Lipinski definition) is 3. The van der Waals surface area contributed by atoms with Gasteiger partial charge in [0, 0.05) is 21.7 Å². The second kappa shape index (κ2) is 6.27. The van der Waals surface area contributed by atoms with Gasteiger partial charge in [0.1, 0.15) is 5.69 Å². The van der Waals surface area contributed by atoms with Gasteiger partial charge in [-0.3, -0.25) is 4.79 Å². The average Bonchev–Trinajstić information content (AvgIpc) is 2.97. The number of rotatable bonds is 3. The Morgan fingerprint density at radius 3 is 2.55 bits per heavy atom. The van der Waals surface area contributed by atoms with Crippen molar-refractivity contribution in [3.8, 4) is 16.9 Å². The lowest BCUT2D eigenvalue weighted by atomic mass is 10.1. The number of halogens is 1. The summed E-state index contributed by atoms with van der Waals surface area (Å²) in [5.74, 6) is -0.0858. The van der Waals surface area contributed by atoms with E-state index >= 15 is 0 Å². The van der Waals surface area contributed by atoms with Crippen LogP contribution in [0.5, 0.6) is 0 Å². The fourth-order valence-electron chi connectivity index (χ4n) is 2.08. The third kappa shape index (κ3) is 3.16. The van der Waals surface area contributed by atoms with Crippen LogP contribution in [0.3, 0.4) is 0 Å². The molecule has 110 valence electrons. The van der Waals surface area contributed by atoms with Gasteiger partial charge in [-0.1, -0.05) is 29.5 Å². The third-order valence-electron chi connectivity index (χ3n) is 3.09. The van der Waals surface area contributed by atoms with Crippen molar-refractivity contribution in [2.24, 2.45) is 0 Å². The average molecular weight is 404 g/mol. The summed E-state index contributed by atoms with van der Waals surface area (Å²) in [5.41, 5.74) is 3.50. The molecule has 0 unspecified atom stereocenters. The second-order valence-electron chi connectivity index (χ2n) is 4.76. The van der Waals surface area contributed by atoms with Crippen LogP contribution in [-0.4, -0.2) is 20.9 Å². The predicted molar refractivity (Wildman–Crippen MR) is 93.8 cm³/mol. The van der Waals surface area contributed by atoms with Gasteiger partial charge in [0.15, 0.2) is 0 Å². The highest BCUT2D eigenvalue weighted by Crippen LogP contribution is 2.21. The summed E-state index contributed by atoms with van der Waals surface area (Å²) in [7, 11) is 0. The van der Waals surface area contributed by atoms with E-state index < -0.39 is 0 Å². The molecular weight excluding hydrogens is 391 g/mol. The number of benzene rings is 2. The fourth-order valence-corrected chi connectivity index (χ4v) is 2.71. The summed E-state index contributed by atoms with van der Waals surface area (Å²) in [6.07, 6.45) is 1.89. The number of carbonyl (C=O) groups is 1. The summed E-state index contributed by atoms with van der Waals surface area (Å²) < 4.78 is 2.87. The zero-order chi connectivity index (χ0) is 15.5. The highest BCUT2D eigenvalue weighted by Gasteiger charge is 2.07. The van der Waals surface area contributed by atoms with Crippen LogP contribution >= 0.6 is 22.6 Å². The van der Waals surface area contributed by atoms with Crippen molar-refractivity contribution >= 4 is 34.2 Å². The number of aromatic nitrogens is 3. The Hall–Kier alpha value is -2.22. The van der Waals surface area contributed by atoms with Crippen molar-refractivity contribution in [3.63, 3.8) is 0 Å². The van der Waals surface area contributed by atoms with Crippen LogP contribution in [-0.2, 0) is 4.79 Å². The molecule has 1 amide bonds. The van der Waals surface area contributed by atoms with Crippen molar-refractivity contribution in [1.82, 2.24) is 15.0 Å². The number of anilines is 1. The maximum absolute atomic E-state index is 11.0. The molecule has 1 aromatic heterocycles. The molecule has 22 heavy (non-hydrogen) atoms. The molecule has 3 aromatic rings. The molecule has 0 aliphatic rings. The van der Waals surface area contributed by atoms with E-state index in [0.717, 1.165) is 26.2 Å².